The molecule has 1 atom stereocenters. The lowest BCUT2D eigenvalue weighted by atomic mass is 9.93. The maximum Gasteiger partial charge on any atom is 0.258 e. The van der Waals surface area contributed by atoms with Gasteiger partial charge in [0.1, 0.15) is 6.04 Å². The fourth-order valence-corrected chi connectivity index (χ4v) is 2.79. The molecule has 2 saturated heterocycles. The fourth-order valence-electron chi connectivity index (χ4n) is 2.79. The normalized spacial score (nSPS) is 24.0. The van der Waals surface area contributed by atoms with Crippen LogP contribution in [0.3, 0.4) is 0 Å². The zero-order valence-electron chi connectivity index (χ0n) is 11.9. The van der Waals surface area contributed by atoms with Crippen LogP contribution in [0.2, 0.25) is 0 Å². The van der Waals surface area contributed by atoms with Gasteiger partial charge in [-0.25, -0.2) is 5.01 Å². The minimum atomic E-state index is -0.528. The van der Waals surface area contributed by atoms with Gasteiger partial charge in [-0.3, -0.25) is 20.1 Å². The standard InChI is InChI=1S/C13H19N5O3/c1-18-7-10(13(20)17-18)15-12(19)9-6-14-16-11(9)8-2-4-21-5-3-8/h6,8,10H,2-5,7H2,1H3,(H,14,16)(H,15,19)(H,17,20). The Morgan fingerprint density at radius 2 is 2.24 bits per heavy atom. The lowest BCUT2D eigenvalue weighted by Crippen LogP contribution is -2.42. The number of aromatic nitrogens is 2. The topological polar surface area (TPSA) is 99.3 Å². The van der Waals surface area contributed by atoms with Crippen LogP contribution >= 0.6 is 0 Å². The molecule has 1 aromatic heterocycles. The van der Waals surface area contributed by atoms with Crippen LogP contribution in [0.4, 0.5) is 0 Å². The average molecular weight is 293 g/mol. The third-order valence-electron chi connectivity index (χ3n) is 3.92. The molecule has 3 rings (SSSR count). The van der Waals surface area contributed by atoms with Gasteiger partial charge in [0.2, 0.25) is 0 Å². The van der Waals surface area contributed by atoms with Crippen molar-refractivity contribution in [2.24, 2.45) is 0 Å². The number of nitrogens with zero attached hydrogens (tertiary/aromatic N) is 2. The van der Waals surface area contributed by atoms with Crippen molar-refractivity contribution in [3.8, 4) is 0 Å². The van der Waals surface area contributed by atoms with Gasteiger partial charge in [0.25, 0.3) is 11.8 Å². The van der Waals surface area contributed by atoms with Gasteiger partial charge in [0.05, 0.1) is 17.5 Å². The summed E-state index contributed by atoms with van der Waals surface area (Å²) in [7, 11) is 1.76. The number of H-pyrrole nitrogens is 1. The van der Waals surface area contributed by atoms with E-state index in [2.05, 4.69) is 20.9 Å². The number of ether oxygens (including phenoxy) is 1. The van der Waals surface area contributed by atoms with Crippen LogP contribution in [0.1, 0.15) is 34.8 Å². The minimum Gasteiger partial charge on any atom is -0.381 e. The molecule has 2 fully saturated rings. The predicted octanol–water partition coefficient (Wildman–Crippen LogP) is -0.621. The molecule has 0 bridgehead atoms. The lowest BCUT2D eigenvalue weighted by Gasteiger charge is -2.22. The summed E-state index contributed by atoms with van der Waals surface area (Å²) in [6.07, 6.45) is 3.26. The number of aromatic amines is 1. The summed E-state index contributed by atoms with van der Waals surface area (Å²) in [5.41, 5.74) is 3.99. The van der Waals surface area contributed by atoms with E-state index in [0.29, 0.717) is 25.3 Å². The SMILES string of the molecule is CN1CC(NC(=O)c2cn[nH]c2C2CCOCC2)C(=O)N1. The Hall–Kier alpha value is -1.93. The number of rotatable bonds is 3. The Morgan fingerprint density at radius 1 is 1.48 bits per heavy atom. The van der Waals surface area contributed by atoms with Crippen molar-refractivity contribution in [3.63, 3.8) is 0 Å². The summed E-state index contributed by atoms with van der Waals surface area (Å²) in [5.74, 6) is -0.204. The monoisotopic (exact) mass is 293 g/mol. The predicted molar refractivity (Wildman–Crippen MR) is 73.4 cm³/mol. The van der Waals surface area contributed by atoms with Crippen molar-refractivity contribution in [1.82, 2.24) is 25.9 Å². The highest BCUT2D eigenvalue weighted by atomic mass is 16.5. The molecule has 0 aromatic carbocycles. The third kappa shape index (κ3) is 2.91. The molecule has 2 amide bonds. The van der Waals surface area contributed by atoms with E-state index in [1.807, 2.05) is 0 Å². The highest BCUT2D eigenvalue weighted by Gasteiger charge is 2.31. The van der Waals surface area contributed by atoms with E-state index < -0.39 is 6.04 Å². The zero-order chi connectivity index (χ0) is 14.8. The van der Waals surface area contributed by atoms with Gasteiger partial charge < -0.3 is 10.1 Å². The summed E-state index contributed by atoms with van der Waals surface area (Å²) < 4.78 is 5.34. The van der Waals surface area contributed by atoms with Crippen LogP contribution in [-0.4, -0.2) is 59.9 Å². The highest BCUT2D eigenvalue weighted by molar-refractivity contribution is 5.98. The van der Waals surface area contributed by atoms with E-state index in [4.69, 9.17) is 4.74 Å². The molecular weight excluding hydrogens is 274 g/mol. The zero-order valence-corrected chi connectivity index (χ0v) is 11.9. The first kappa shape index (κ1) is 14.0. The van der Waals surface area contributed by atoms with Gasteiger partial charge in [-0.1, -0.05) is 0 Å². The summed E-state index contributed by atoms with van der Waals surface area (Å²) in [6, 6.07) is -0.528. The fraction of sp³-hybridized carbons (Fsp3) is 0.615. The van der Waals surface area contributed by atoms with E-state index in [1.54, 1.807) is 12.1 Å². The quantitative estimate of drug-likeness (QED) is 0.690. The Labute approximate surface area is 122 Å². The Balaban J connectivity index is 1.70. The second-order valence-corrected chi connectivity index (χ2v) is 5.47. The lowest BCUT2D eigenvalue weighted by molar-refractivity contribution is -0.122. The van der Waals surface area contributed by atoms with E-state index in [0.717, 1.165) is 18.5 Å². The van der Waals surface area contributed by atoms with Crippen LogP contribution < -0.4 is 10.7 Å². The molecule has 1 aromatic rings. The molecule has 3 N–H and O–H groups in total. The summed E-state index contributed by atoms with van der Waals surface area (Å²) >= 11 is 0. The van der Waals surface area contributed by atoms with Crippen LogP contribution in [0.15, 0.2) is 6.20 Å². The molecule has 1 unspecified atom stereocenters. The number of hydrazine groups is 1. The first-order chi connectivity index (χ1) is 10.1. The Morgan fingerprint density at radius 3 is 2.90 bits per heavy atom. The Kier molecular flexibility index (Phi) is 3.89. The van der Waals surface area contributed by atoms with Gasteiger partial charge in [-0.05, 0) is 12.8 Å². The number of amides is 2. The summed E-state index contributed by atoms with van der Waals surface area (Å²) in [6.45, 7) is 1.84. The third-order valence-corrected chi connectivity index (χ3v) is 3.92. The summed E-state index contributed by atoms with van der Waals surface area (Å²) in [5, 5.41) is 11.3. The van der Waals surface area contributed by atoms with E-state index in [9.17, 15) is 9.59 Å². The number of carbonyl (C=O) groups is 2. The molecule has 3 heterocycles. The van der Waals surface area contributed by atoms with Crippen LogP contribution in [0.5, 0.6) is 0 Å². The van der Waals surface area contributed by atoms with Crippen LogP contribution in [-0.2, 0) is 9.53 Å². The Bertz CT molecular complexity index is 538. The van der Waals surface area contributed by atoms with Gasteiger partial charge in [-0.15, -0.1) is 0 Å². The maximum absolute atomic E-state index is 12.4. The van der Waals surface area contributed by atoms with Crippen molar-refractivity contribution < 1.29 is 14.3 Å². The molecule has 0 radical (unpaired) electrons. The molecule has 21 heavy (non-hydrogen) atoms. The van der Waals surface area contributed by atoms with Gasteiger partial charge >= 0.3 is 0 Å². The molecule has 8 heteroatoms. The van der Waals surface area contributed by atoms with Gasteiger partial charge in [0, 0.05) is 32.7 Å². The van der Waals surface area contributed by atoms with Crippen LogP contribution in [0.25, 0.3) is 0 Å². The largest absolute Gasteiger partial charge is 0.381 e. The van der Waals surface area contributed by atoms with Crippen molar-refractivity contribution in [2.45, 2.75) is 24.8 Å². The van der Waals surface area contributed by atoms with Crippen LogP contribution in [0, 0.1) is 0 Å². The van der Waals surface area contributed by atoms with Crippen molar-refractivity contribution in [3.05, 3.63) is 17.5 Å². The number of nitrogens with one attached hydrogen (secondary N) is 3. The molecule has 114 valence electrons. The van der Waals surface area contributed by atoms with Crippen molar-refractivity contribution in [2.75, 3.05) is 26.8 Å². The highest BCUT2D eigenvalue weighted by Crippen LogP contribution is 2.27. The van der Waals surface area contributed by atoms with E-state index in [1.165, 1.54) is 6.20 Å². The molecule has 2 aliphatic rings. The number of carbonyl (C=O) groups excluding carboxylic acids is 2. The second-order valence-electron chi connectivity index (χ2n) is 5.47. The average Bonchev–Trinajstić information content (AvgIpc) is 3.07. The maximum atomic E-state index is 12.4. The molecule has 0 saturated carbocycles. The van der Waals surface area contributed by atoms with Crippen molar-refractivity contribution >= 4 is 11.8 Å². The van der Waals surface area contributed by atoms with E-state index in [-0.39, 0.29) is 17.7 Å². The number of likely N-dealkylation sites (N-methyl/N-ethyl adjacent to an activating group) is 1. The first-order valence-corrected chi connectivity index (χ1v) is 7.08. The van der Waals surface area contributed by atoms with Crippen molar-refractivity contribution in [1.29, 1.82) is 0 Å². The minimum absolute atomic E-state index is 0.193. The van der Waals surface area contributed by atoms with E-state index >= 15 is 0 Å². The second kappa shape index (κ2) is 5.82. The molecule has 0 aliphatic carbocycles. The first-order valence-electron chi connectivity index (χ1n) is 7.08. The van der Waals surface area contributed by atoms with Gasteiger partial charge in [0.15, 0.2) is 0 Å². The number of hydrogen-bond donors (Lipinski definition) is 3. The molecular formula is C13H19N5O3. The molecule has 0 spiro atoms. The smallest absolute Gasteiger partial charge is 0.258 e. The molecule has 2 aliphatic heterocycles. The summed E-state index contributed by atoms with van der Waals surface area (Å²) in [4.78, 5) is 24.0. The van der Waals surface area contributed by atoms with Gasteiger partial charge in [-0.2, -0.15) is 5.10 Å². The number of hydrogen-bond acceptors (Lipinski definition) is 5. The molecule has 8 nitrogen and oxygen atoms in total.